The van der Waals surface area contributed by atoms with Crippen molar-refractivity contribution in [1.82, 2.24) is 0 Å². The monoisotopic (exact) mass is 577 g/mol. The van der Waals surface area contributed by atoms with E-state index in [2.05, 4.69) is 170 Å². The summed E-state index contributed by atoms with van der Waals surface area (Å²) in [5.41, 5.74) is 12.8. The van der Waals surface area contributed by atoms with Crippen LogP contribution in [0.2, 0.25) is 0 Å². The van der Waals surface area contributed by atoms with Crippen LogP contribution in [-0.2, 0) is 5.41 Å². The lowest BCUT2D eigenvalue weighted by Crippen LogP contribution is -2.16. The number of fused-ring (bicyclic) bond motifs is 7. The number of nitrogens with zero attached hydrogens (tertiary/aromatic N) is 1. The highest BCUT2D eigenvalue weighted by Gasteiger charge is 2.37. The van der Waals surface area contributed by atoms with Gasteiger partial charge in [-0.15, -0.1) is 0 Å². The molecule has 45 heavy (non-hydrogen) atoms. The van der Waals surface area contributed by atoms with Gasteiger partial charge in [-0.05, 0) is 75.5 Å². The molecule has 0 unspecified atom stereocenters. The molecule has 1 heterocycles. The molecule has 0 saturated carbocycles. The average Bonchev–Trinajstić information content (AvgIpc) is 3.56. The summed E-state index contributed by atoms with van der Waals surface area (Å²) in [7, 11) is 0. The van der Waals surface area contributed by atoms with Gasteiger partial charge in [-0.3, -0.25) is 0 Å². The largest absolute Gasteiger partial charge is 0.456 e. The van der Waals surface area contributed by atoms with E-state index in [0.717, 1.165) is 44.4 Å². The van der Waals surface area contributed by atoms with E-state index in [1.165, 1.54) is 38.7 Å². The third-order valence-electron chi connectivity index (χ3n) is 9.64. The van der Waals surface area contributed by atoms with Crippen molar-refractivity contribution < 1.29 is 4.42 Å². The highest BCUT2D eigenvalue weighted by Crippen LogP contribution is 2.55. The summed E-state index contributed by atoms with van der Waals surface area (Å²) in [6.45, 7) is 4.69. The van der Waals surface area contributed by atoms with Crippen LogP contribution in [0.1, 0.15) is 25.0 Å². The fraction of sp³-hybridized carbons (Fsp3) is 0.0698. The second-order valence-corrected chi connectivity index (χ2v) is 12.5. The molecule has 0 amide bonds. The molecule has 0 N–H and O–H groups in total. The van der Waals surface area contributed by atoms with E-state index in [0.29, 0.717) is 0 Å². The maximum Gasteiger partial charge on any atom is 0.136 e. The molecule has 0 aliphatic heterocycles. The summed E-state index contributed by atoms with van der Waals surface area (Å²) in [6, 6.07) is 54.6. The lowest BCUT2D eigenvalue weighted by molar-refractivity contribution is 0.660. The van der Waals surface area contributed by atoms with E-state index in [9.17, 15) is 0 Å². The third-order valence-corrected chi connectivity index (χ3v) is 9.64. The summed E-state index contributed by atoms with van der Waals surface area (Å²) < 4.78 is 6.50. The Balaban J connectivity index is 1.34. The Kier molecular flexibility index (Phi) is 5.58. The molecule has 8 aromatic rings. The van der Waals surface area contributed by atoms with Gasteiger partial charge in [-0.2, -0.15) is 0 Å². The van der Waals surface area contributed by atoms with Crippen LogP contribution >= 0.6 is 0 Å². The van der Waals surface area contributed by atoms with Crippen LogP contribution in [-0.4, -0.2) is 0 Å². The van der Waals surface area contributed by atoms with Crippen LogP contribution in [0.4, 0.5) is 17.1 Å². The zero-order valence-electron chi connectivity index (χ0n) is 25.3. The molecule has 0 saturated heterocycles. The van der Waals surface area contributed by atoms with Crippen LogP contribution in [0, 0.1) is 0 Å². The molecular formula is C43H31NO. The van der Waals surface area contributed by atoms with Crippen LogP contribution in [0.5, 0.6) is 0 Å². The standard InChI is InChI=1S/C43H31NO/c1-43(2)35-21-10-8-19-33(35)42-36(43)22-13-24-38(42)44(30-16-4-3-5-17-30)37-23-11-9-18-31(37)32-20-12-25-39-41(32)34-26-28-14-6-7-15-29(28)27-40(34)45-39/h3-27H,1-2H3. The lowest BCUT2D eigenvalue weighted by atomic mass is 9.82. The minimum absolute atomic E-state index is 0.0894. The maximum absolute atomic E-state index is 6.50. The van der Waals surface area contributed by atoms with Crippen molar-refractivity contribution in [2.75, 3.05) is 4.90 Å². The number of furan rings is 1. The first kappa shape index (κ1) is 25.9. The number of hydrogen-bond acceptors (Lipinski definition) is 2. The highest BCUT2D eigenvalue weighted by molar-refractivity contribution is 6.16. The van der Waals surface area contributed by atoms with Gasteiger partial charge in [0.2, 0.25) is 0 Å². The summed E-state index contributed by atoms with van der Waals surface area (Å²) in [5.74, 6) is 0. The van der Waals surface area contributed by atoms with Crippen molar-refractivity contribution in [3.05, 3.63) is 163 Å². The van der Waals surface area contributed by atoms with Gasteiger partial charge in [0.1, 0.15) is 11.2 Å². The second kappa shape index (κ2) is 9.70. The van der Waals surface area contributed by atoms with Crippen molar-refractivity contribution in [2.45, 2.75) is 19.3 Å². The lowest BCUT2D eigenvalue weighted by Gasteiger charge is -2.30. The molecule has 7 aromatic carbocycles. The zero-order chi connectivity index (χ0) is 30.1. The molecule has 1 aliphatic rings. The smallest absolute Gasteiger partial charge is 0.136 e. The van der Waals surface area contributed by atoms with Gasteiger partial charge in [0.25, 0.3) is 0 Å². The molecule has 2 heteroatoms. The Labute approximate surface area is 262 Å². The maximum atomic E-state index is 6.50. The molecule has 2 nitrogen and oxygen atoms in total. The topological polar surface area (TPSA) is 16.4 Å². The predicted octanol–water partition coefficient (Wildman–Crippen LogP) is 12.2. The molecule has 0 spiro atoms. The van der Waals surface area contributed by atoms with E-state index in [1.54, 1.807) is 0 Å². The van der Waals surface area contributed by atoms with E-state index in [4.69, 9.17) is 4.42 Å². The summed E-state index contributed by atoms with van der Waals surface area (Å²) in [5, 5.41) is 4.67. The molecule has 9 rings (SSSR count). The fourth-order valence-electron chi connectivity index (χ4n) is 7.54. The molecule has 0 fully saturated rings. The van der Waals surface area contributed by atoms with Crippen molar-refractivity contribution in [2.24, 2.45) is 0 Å². The molecule has 214 valence electrons. The molecule has 0 bridgehead atoms. The van der Waals surface area contributed by atoms with Crippen molar-refractivity contribution in [3.63, 3.8) is 0 Å². The highest BCUT2D eigenvalue weighted by atomic mass is 16.3. The van der Waals surface area contributed by atoms with Gasteiger partial charge in [0.05, 0.1) is 11.4 Å². The first-order chi connectivity index (χ1) is 22.1. The molecule has 0 radical (unpaired) electrons. The van der Waals surface area contributed by atoms with Gasteiger partial charge in [0, 0.05) is 33.0 Å². The van der Waals surface area contributed by atoms with E-state index in [1.807, 2.05) is 0 Å². The minimum atomic E-state index is -0.0894. The SMILES string of the molecule is CC1(C)c2ccccc2-c2c(N(c3ccccc3)c3ccccc3-c3cccc4oc5cc6ccccc6cc5c34)cccc21. The predicted molar refractivity (Wildman–Crippen MR) is 189 cm³/mol. The minimum Gasteiger partial charge on any atom is -0.456 e. The van der Waals surface area contributed by atoms with Crippen LogP contribution in [0.15, 0.2) is 156 Å². The Morgan fingerprint density at radius 2 is 1.11 bits per heavy atom. The van der Waals surface area contributed by atoms with Crippen molar-refractivity contribution in [3.8, 4) is 22.3 Å². The second-order valence-electron chi connectivity index (χ2n) is 12.5. The number of benzene rings is 7. The Morgan fingerprint density at radius 3 is 1.96 bits per heavy atom. The quantitative estimate of drug-likeness (QED) is 0.207. The van der Waals surface area contributed by atoms with E-state index >= 15 is 0 Å². The first-order valence-corrected chi connectivity index (χ1v) is 15.6. The van der Waals surface area contributed by atoms with Gasteiger partial charge in [-0.25, -0.2) is 0 Å². The molecule has 1 aromatic heterocycles. The van der Waals surface area contributed by atoms with Gasteiger partial charge in [-0.1, -0.05) is 123 Å². The van der Waals surface area contributed by atoms with Crippen LogP contribution in [0.25, 0.3) is 55.0 Å². The normalized spacial score (nSPS) is 13.3. The first-order valence-electron chi connectivity index (χ1n) is 15.6. The number of para-hydroxylation sites is 2. The van der Waals surface area contributed by atoms with Crippen molar-refractivity contribution in [1.29, 1.82) is 0 Å². The van der Waals surface area contributed by atoms with Gasteiger partial charge < -0.3 is 9.32 Å². The van der Waals surface area contributed by atoms with Crippen LogP contribution in [0.3, 0.4) is 0 Å². The Morgan fingerprint density at radius 1 is 0.489 bits per heavy atom. The summed E-state index contributed by atoms with van der Waals surface area (Å²) in [6.07, 6.45) is 0. The number of anilines is 3. The average molecular weight is 578 g/mol. The zero-order valence-corrected chi connectivity index (χ0v) is 25.3. The van der Waals surface area contributed by atoms with Crippen LogP contribution < -0.4 is 4.90 Å². The Hall–Kier alpha value is -5.60. The summed E-state index contributed by atoms with van der Waals surface area (Å²) >= 11 is 0. The van der Waals surface area contributed by atoms with E-state index in [-0.39, 0.29) is 5.41 Å². The molecular weight excluding hydrogens is 546 g/mol. The third kappa shape index (κ3) is 3.82. The fourth-order valence-corrected chi connectivity index (χ4v) is 7.54. The summed E-state index contributed by atoms with van der Waals surface area (Å²) in [4.78, 5) is 2.45. The number of hydrogen-bond donors (Lipinski definition) is 0. The molecule has 0 atom stereocenters. The van der Waals surface area contributed by atoms with Crippen molar-refractivity contribution >= 4 is 49.8 Å². The number of rotatable bonds is 4. The van der Waals surface area contributed by atoms with Gasteiger partial charge in [0.15, 0.2) is 0 Å². The Bertz CT molecular complexity index is 2410. The van der Waals surface area contributed by atoms with E-state index < -0.39 is 0 Å². The molecule has 1 aliphatic carbocycles. The van der Waals surface area contributed by atoms with Gasteiger partial charge >= 0.3 is 0 Å².